The van der Waals surface area contributed by atoms with Crippen molar-refractivity contribution in [2.45, 2.75) is 40.5 Å². The highest BCUT2D eigenvalue weighted by Crippen LogP contribution is 2.37. The Kier molecular flexibility index (Phi) is 3.49. The smallest absolute Gasteiger partial charge is 0.0482 e. The number of hydrogen-bond acceptors (Lipinski definition) is 0. The Bertz CT molecular complexity index is 336. The van der Waals surface area contributed by atoms with E-state index >= 15 is 0 Å². The van der Waals surface area contributed by atoms with E-state index in [9.17, 15) is 0 Å². The molecule has 0 N–H and O–H groups in total. The first-order chi connectivity index (χ1) is 6.37. The zero-order valence-corrected chi connectivity index (χ0v) is 10.8. The van der Waals surface area contributed by atoms with Gasteiger partial charge < -0.3 is 0 Å². The van der Waals surface area contributed by atoms with Gasteiger partial charge in [0.05, 0.1) is 0 Å². The van der Waals surface area contributed by atoms with Crippen LogP contribution in [0.3, 0.4) is 0 Å². The van der Waals surface area contributed by atoms with Gasteiger partial charge in [-0.1, -0.05) is 37.0 Å². The molecule has 0 unspecified atom stereocenters. The first-order valence-electron chi connectivity index (χ1n) is 4.82. The molecule has 0 radical (unpaired) electrons. The van der Waals surface area contributed by atoms with Crippen molar-refractivity contribution in [2.75, 3.05) is 0 Å². The molecule has 0 aliphatic heterocycles. The summed E-state index contributed by atoms with van der Waals surface area (Å²) in [5.41, 5.74) is 4.61. The maximum atomic E-state index is 6.22. The van der Waals surface area contributed by atoms with E-state index in [1.807, 2.05) is 6.92 Å². The fourth-order valence-electron chi connectivity index (χ4n) is 2.04. The predicted octanol–water partition coefficient (Wildman–Crippen LogP) is 5.04. The van der Waals surface area contributed by atoms with Crippen molar-refractivity contribution in [3.63, 3.8) is 0 Å². The second-order valence-corrected chi connectivity index (χ2v) is 4.83. The fraction of sp³-hybridized carbons (Fsp3) is 0.500. The Balaban J connectivity index is 3.60. The van der Waals surface area contributed by atoms with Crippen LogP contribution in [0.5, 0.6) is 0 Å². The molecule has 1 rings (SSSR count). The standard InChI is InChI=1S/C12H16Cl2/c1-6(2)10-7(3)11(13)9(5)12(14)8(10)4/h6H,1-5H3. The van der Waals surface area contributed by atoms with Gasteiger partial charge in [-0.2, -0.15) is 0 Å². The third-order valence-electron chi connectivity index (χ3n) is 2.70. The van der Waals surface area contributed by atoms with Gasteiger partial charge in [-0.25, -0.2) is 0 Å². The van der Waals surface area contributed by atoms with Crippen molar-refractivity contribution in [3.05, 3.63) is 32.3 Å². The van der Waals surface area contributed by atoms with Gasteiger partial charge in [-0.05, 0) is 48.9 Å². The lowest BCUT2D eigenvalue weighted by molar-refractivity contribution is 0.845. The van der Waals surface area contributed by atoms with Gasteiger partial charge >= 0.3 is 0 Å². The third kappa shape index (κ3) is 1.78. The summed E-state index contributed by atoms with van der Waals surface area (Å²) in [5.74, 6) is 0.464. The summed E-state index contributed by atoms with van der Waals surface area (Å²) in [5, 5.41) is 1.62. The topological polar surface area (TPSA) is 0 Å². The molecular formula is C12H16Cl2. The van der Waals surface area contributed by atoms with E-state index in [0.717, 1.165) is 15.6 Å². The quantitative estimate of drug-likeness (QED) is 0.634. The van der Waals surface area contributed by atoms with Crippen LogP contribution in [0, 0.1) is 20.8 Å². The molecule has 0 bridgehead atoms. The summed E-state index contributed by atoms with van der Waals surface area (Å²) in [6, 6.07) is 0. The van der Waals surface area contributed by atoms with E-state index in [1.165, 1.54) is 16.7 Å². The summed E-state index contributed by atoms with van der Waals surface area (Å²) in [6.45, 7) is 10.4. The minimum absolute atomic E-state index is 0.464. The molecule has 0 aromatic heterocycles. The minimum atomic E-state index is 0.464. The molecule has 0 atom stereocenters. The minimum Gasteiger partial charge on any atom is -0.0837 e. The van der Waals surface area contributed by atoms with Crippen LogP contribution in [0.15, 0.2) is 0 Å². The molecule has 1 aromatic rings. The summed E-state index contributed by atoms with van der Waals surface area (Å²) in [7, 11) is 0. The van der Waals surface area contributed by atoms with Crippen molar-refractivity contribution >= 4 is 23.2 Å². The van der Waals surface area contributed by atoms with Crippen LogP contribution in [-0.2, 0) is 0 Å². The Labute approximate surface area is 96.2 Å². The summed E-state index contributed by atoms with van der Waals surface area (Å²) < 4.78 is 0. The van der Waals surface area contributed by atoms with Gasteiger partial charge in [0.25, 0.3) is 0 Å². The molecular weight excluding hydrogens is 215 g/mol. The summed E-state index contributed by atoms with van der Waals surface area (Å²) in [6.07, 6.45) is 0. The molecule has 1 aromatic carbocycles. The van der Waals surface area contributed by atoms with Crippen molar-refractivity contribution in [2.24, 2.45) is 0 Å². The Hall–Kier alpha value is -0.200. The molecule has 0 heterocycles. The van der Waals surface area contributed by atoms with Gasteiger partial charge in [0.2, 0.25) is 0 Å². The average molecular weight is 231 g/mol. The van der Waals surface area contributed by atoms with Crippen LogP contribution in [0.1, 0.15) is 42.0 Å². The lowest BCUT2D eigenvalue weighted by Gasteiger charge is -2.18. The van der Waals surface area contributed by atoms with Gasteiger partial charge in [-0.15, -0.1) is 0 Å². The second-order valence-electron chi connectivity index (χ2n) is 4.07. The lowest BCUT2D eigenvalue weighted by Crippen LogP contribution is -2.00. The van der Waals surface area contributed by atoms with Gasteiger partial charge in [0.1, 0.15) is 0 Å². The van der Waals surface area contributed by atoms with Gasteiger partial charge in [0.15, 0.2) is 0 Å². The Morgan fingerprint density at radius 2 is 1.14 bits per heavy atom. The van der Waals surface area contributed by atoms with Crippen molar-refractivity contribution < 1.29 is 0 Å². The molecule has 0 saturated heterocycles. The highest BCUT2D eigenvalue weighted by atomic mass is 35.5. The fourth-order valence-corrected chi connectivity index (χ4v) is 2.48. The number of benzene rings is 1. The van der Waals surface area contributed by atoms with Crippen LogP contribution in [-0.4, -0.2) is 0 Å². The summed E-state index contributed by atoms with van der Waals surface area (Å²) >= 11 is 12.4. The zero-order chi connectivity index (χ0) is 11.0. The second kappa shape index (κ2) is 4.12. The Morgan fingerprint density at radius 3 is 1.43 bits per heavy atom. The van der Waals surface area contributed by atoms with Crippen LogP contribution in [0.2, 0.25) is 10.0 Å². The van der Waals surface area contributed by atoms with Gasteiger partial charge in [-0.3, -0.25) is 0 Å². The van der Waals surface area contributed by atoms with E-state index in [-0.39, 0.29) is 0 Å². The van der Waals surface area contributed by atoms with E-state index in [0.29, 0.717) is 5.92 Å². The van der Waals surface area contributed by atoms with E-state index < -0.39 is 0 Å². The SMILES string of the molecule is Cc1c(Cl)c(C)c(C(C)C)c(C)c1Cl. The van der Waals surface area contributed by atoms with Crippen LogP contribution < -0.4 is 0 Å². The highest BCUT2D eigenvalue weighted by Gasteiger charge is 2.16. The molecule has 0 fully saturated rings. The van der Waals surface area contributed by atoms with Crippen LogP contribution in [0.25, 0.3) is 0 Å². The van der Waals surface area contributed by atoms with Crippen molar-refractivity contribution in [1.29, 1.82) is 0 Å². The van der Waals surface area contributed by atoms with Crippen LogP contribution in [0.4, 0.5) is 0 Å². The predicted molar refractivity (Wildman–Crippen MR) is 64.8 cm³/mol. The Morgan fingerprint density at radius 1 is 0.786 bits per heavy atom. The first-order valence-corrected chi connectivity index (χ1v) is 5.58. The molecule has 0 spiro atoms. The molecule has 0 aliphatic rings. The van der Waals surface area contributed by atoms with Crippen molar-refractivity contribution in [1.82, 2.24) is 0 Å². The zero-order valence-electron chi connectivity index (χ0n) is 9.33. The molecule has 0 nitrogen and oxygen atoms in total. The highest BCUT2D eigenvalue weighted by molar-refractivity contribution is 6.37. The average Bonchev–Trinajstić information content (AvgIpc) is 2.11. The van der Waals surface area contributed by atoms with Crippen molar-refractivity contribution in [3.8, 4) is 0 Å². The molecule has 0 amide bonds. The third-order valence-corrected chi connectivity index (χ3v) is 3.84. The molecule has 14 heavy (non-hydrogen) atoms. The lowest BCUT2D eigenvalue weighted by atomic mass is 9.91. The molecule has 0 saturated carbocycles. The number of rotatable bonds is 1. The van der Waals surface area contributed by atoms with E-state index in [4.69, 9.17) is 23.2 Å². The molecule has 2 heteroatoms. The van der Waals surface area contributed by atoms with E-state index in [2.05, 4.69) is 27.7 Å². The number of halogens is 2. The normalized spacial score (nSPS) is 11.1. The number of hydrogen-bond donors (Lipinski definition) is 0. The maximum absolute atomic E-state index is 6.22. The molecule has 0 aliphatic carbocycles. The largest absolute Gasteiger partial charge is 0.0837 e. The molecule has 78 valence electrons. The van der Waals surface area contributed by atoms with Gasteiger partial charge in [0, 0.05) is 10.0 Å². The van der Waals surface area contributed by atoms with Crippen LogP contribution >= 0.6 is 23.2 Å². The maximum Gasteiger partial charge on any atom is 0.0482 e. The summed E-state index contributed by atoms with van der Waals surface area (Å²) in [4.78, 5) is 0. The monoisotopic (exact) mass is 230 g/mol. The van der Waals surface area contributed by atoms with E-state index in [1.54, 1.807) is 0 Å². The first kappa shape index (κ1) is 11.9.